The number of ether oxygens (including phenoxy) is 4. The van der Waals surface area contributed by atoms with E-state index in [9.17, 15) is 19.2 Å². The lowest BCUT2D eigenvalue weighted by atomic mass is 10.0. The topological polar surface area (TPSA) is 312 Å². The van der Waals surface area contributed by atoms with Crippen LogP contribution in [-0.4, -0.2) is 77.6 Å². The Kier molecular flexibility index (Phi) is 21.6. The van der Waals surface area contributed by atoms with Crippen molar-refractivity contribution in [3.63, 3.8) is 0 Å². The fraction of sp³-hybridized carbons (Fsp3) is 0.150. The summed E-state index contributed by atoms with van der Waals surface area (Å²) >= 11 is 6.07. The van der Waals surface area contributed by atoms with Crippen molar-refractivity contribution in [2.24, 2.45) is 22.9 Å². The minimum atomic E-state index is -0.563. The number of amides is 4. The van der Waals surface area contributed by atoms with Crippen molar-refractivity contribution >= 4 is 109 Å². The maximum absolute atomic E-state index is 11.8. The highest BCUT2D eigenvalue weighted by Crippen LogP contribution is 2.41. The van der Waals surface area contributed by atoms with Crippen molar-refractivity contribution < 1.29 is 38.1 Å². The van der Waals surface area contributed by atoms with Gasteiger partial charge in [-0.2, -0.15) is 20.4 Å². The van der Waals surface area contributed by atoms with E-state index in [1.807, 2.05) is 36.5 Å². The number of benzene rings is 4. The number of primary amides is 4. The normalized spacial score (nSPS) is 13.5. The number of fused-ring (bicyclic) bond motifs is 4. The molecule has 16 rings (SSSR count). The Hall–Kier alpha value is -12.0. The number of allylic oxidation sites excluding steroid dienone is 8. The van der Waals surface area contributed by atoms with Gasteiger partial charge in [0, 0.05) is 66.7 Å². The lowest BCUT2D eigenvalue weighted by Gasteiger charge is -2.09. The number of nitrogens with two attached hydrogens (primary N) is 4. The number of carbonyl (C=O) groups excluding carboxylic acids is 4. The largest absolute Gasteiger partial charge is 0.497 e. The van der Waals surface area contributed by atoms with E-state index in [4.69, 9.17) is 41.9 Å². The van der Waals surface area contributed by atoms with Gasteiger partial charge in [-0.05, 0) is 134 Å². The number of hydrogen-bond donors (Lipinski definition) is 4. The van der Waals surface area contributed by atoms with Crippen LogP contribution in [0.15, 0.2) is 218 Å². The summed E-state index contributed by atoms with van der Waals surface area (Å²) in [7, 11) is 0. The molecule has 0 atom stereocenters. The molecule has 12 heterocycles. The molecule has 20 nitrogen and oxygen atoms in total. The van der Waals surface area contributed by atoms with Crippen LogP contribution in [-0.2, 0) is 44.6 Å². The van der Waals surface area contributed by atoms with Crippen LogP contribution in [0.2, 0.25) is 0 Å². The van der Waals surface area contributed by atoms with Gasteiger partial charge in [-0.3, -0.25) is 19.2 Å². The second-order valence-electron chi connectivity index (χ2n) is 24.9. The monoisotopic (exact) mass is 1450 g/mol. The van der Waals surface area contributed by atoms with Crippen molar-refractivity contribution in [1.82, 2.24) is 40.8 Å². The molecule has 0 radical (unpaired) electrons. The van der Waals surface area contributed by atoms with Crippen LogP contribution in [0.4, 0.5) is 0 Å². The Morgan fingerprint density at radius 2 is 0.625 bits per heavy atom. The third-order valence-corrected chi connectivity index (χ3v) is 21.8. The summed E-state index contributed by atoms with van der Waals surface area (Å²) < 4.78 is 24.3. The number of rotatable bonds is 16. The Bertz CT molecular complexity index is 5220. The summed E-state index contributed by atoms with van der Waals surface area (Å²) in [5.41, 5.74) is 39.6. The van der Waals surface area contributed by atoms with Gasteiger partial charge in [0.2, 0.25) is 0 Å². The molecule has 24 heteroatoms. The highest BCUT2D eigenvalue weighted by atomic mass is 32.1. The lowest BCUT2D eigenvalue weighted by molar-refractivity contribution is 0.0988. The molecule has 8 N–H and O–H groups in total. The van der Waals surface area contributed by atoms with E-state index in [1.165, 1.54) is 67.6 Å². The third-order valence-electron chi connectivity index (χ3n) is 17.0. The van der Waals surface area contributed by atoms with Gasteiger partial charge >= 0.3 is 0 Å². The first-order valence-corrected chi connectivity index (χ1v) is 36.3. The van der Waals surface area contributed by atoms with E-state index < -0.39 is 23.6 Å². The van der Waals surface area contributed by atoms with Gasteiger partial charge in [0.15, 0.2) is 22.8 Å². The Balaban J connectivity index is 0.000000123. The van der Waals surface area contributed by atoms with Gasteiger partial charge in [0.1, 0.15) is 13.2 Å². The van der Waals surface area contributed by atoms with Crippen LogP contribution in [0.1, 0.15) is 99.8 Å². The first kappa shape index (κ1) is 70.5. The molecule has 4 aromatic carbocycles. The molecular formula is C80H68N12O8S4. The Labute approximate surface area is 613 Å². The summed E-state index contributed by atoms with van der Waals surface area (Å²) in [5, 5.41) is 37.1. The summed E-state index contributed by atoms with van der Waals surface area (Å²) in [6.45, 7) is 9.39. The summed E-state index contributed by atoms with van der Waals surface area (Å²) in [6.07, 6.45) is 26.2. The molecular weight excluding hydrogens is 1390 g/mol. The van der Waals surface area contributed by atoms with E-state index in [0.29, 0.717) is 38.9 Å². The van der Waals surface area contributed by atoms with Crippen molar-refractivity contribution in [1.29, 1.82) is 0 Å². The Morgan fingerprint density at radius 3 is 0.856 bits per heavy atom. The number of aromatic nitrogens is 8. The number of hydrogen-bond acceptors (Lipinski definition) is 20. The summed E-state index contributed by atoms with van der Waals surface area (Å²) in [6, 6.07) is 41.4. The highest BCUT2D eigenvalue weighted by Gasteiger charge is 2.24. The zero-order valence-electron chi connectivity index (χ0n) is 56.9. The third kappa shape index (κ3) is 16.5. The molecule has 0 saturated heterocycles. The molecule has 4 aliphatic rings. The minimum absolute atomic E-state index is 0.219. The molecule has 0 unspecified atom stereocenters. The molecule has 520 valence electrons. The van der Waals surface area contributed by atoms with E-state index >= 15 is 0 Å². The van der Waals surface area contributed by atoms with Crippen LogP contribution in [0, 0.1) is 27.7 Å². The van der Waals surface area contributed by atoms with Gasteiger partial charge in [0.25, 0.3) is 23.6 Å². The highest BCUT2D eigenvalue weighted by molar-refractivity contribution is 7.23. The Morgan fingerprint density at radius 1 is 0.356 bits per heavy atom. The van der Waals surface area contributed by atoms with Crippen molar-refractivity contribution in [3.8, 4) is 41.8 Å². The molecule has 0 spiro atoms. The maximum Gasteiger partial charge on any atom is 0.270 e. The number of thiophene rings is 4. The molecule has 104 heavy (non-hydrogen) atoms. The molecule has 4 amide bonds. The van der Waals surface area contributed by atoms with Crippen molar-refractivity contribution in [3.05, 3.63) is 285 Å². The summed E-state index contributed by atoms with van der Waals surface area (Å²) in [5.74, 6) is -2.25. The first-order chi connectivity index (χ1) is 50.5. The van der Waals surface area contributed by atoms with E-state index in [0.717, 1.165) is 140 Å². The van der Waals surface area contributed by atoms with Gasteiger partial charge in [-0.15, -0.1) is 65.7 Å². The molecule has 0 bridgehead atoms. The van der Waals surface area contributed by atoms with Crippen LogP contribution >= 0.6 is 45.3 Å². The van der Waals surface area contributed by atoms with Crippen molar-refractivity contribution in [2.75, 3.05) is 13.2 Å². The fourth-order valence-electron chi connectivity index (χ4n) is 11.6. The number of carbonyl (C=O) groups is 4. The minimum Gasteiger partial charge on any atom is -0.497 e. The fourth-order valence-corrected chi connectivity index (χ4v) is 16.3. The van der Waals surface area contributed by atoms with Gasteiger partial charge in [-0.25, -0.2) is 0 Å². The number of aryl methyl sites for hydroxylation is 4. The second-order valence-corrected chi connectivity index (χ2v) is 29.1. The molecule has 12 aromatic rings. The summed E-state index contributed by atoms with van der Waals surface area (Å²) in [4.78, 5) is 51.4. The van der Waals surface area contributed by atoms with Crippen LogP contribution in [0.25, 0.3) is 82.1 Å². The average molecular weight is 1450 g/mol. The van der Waals surface area contributed by atoms with E-state index in [1.54, 1.807) is 37.6 Å². The predicted molar refractivity (Wildman–Crippen MR) is 411 cm³/mol. The molecule has 0 fully saturated rings. The zero-order valence-corrected chi connectivity index (χ0v) is 60.2. The van der Waals surface area contributed by atoms with Crippen molar-refractivity contribution in [2.45, 2.75) is 66.2 Å². The smallest absolute Gasteiger partial charge is 0.270 e. The van der Waals surface area contributed by atoms with Crippen LogP contribution in [0.3, 0.4) is 0 Å². The zero-order chi connectivity index (χ0) is 72.4. The average Bonchev–Trinajstić information content (AvgIpc) is 1.67. The van der Waals surface area contributed by atoms with Gasteiger partial charge in [-0.1, -0.05) is 131 Å². The SMILES string of the molecule is Cc1ccc(-c2cc3c(CC4=COC=CC4)nnc(C(N)=O)c3s2)cc1.Cc1ccc(-c2cc3c(CC4=COC=CC4)nnc(C(N)=O)c3s2)cc1.Cc1ccc(-c2cc3c(CC4=COCC=C4)nnc(C(N)=O)c3s2)cc1.Cc1ccc(-c2cc3c(CC4=COCC=C4)nnc(C(N)=O)c3s2)cc1. The predicted octanol–water partition coefficient (Wildman–Crippen LogP) is 15.8. The van der Waals surface area contributed by atoms with Gasteiger partial charge in [0.05, 0.1) is 79.1 Å². The molecule has 0 aliphatic carbocycles. The second kappa shape index (κ2) is 31.9. The number of nitrogens with zero attached hydrogens (tertiary/aromatic N) is 8. The standard InChI is InChI=1S/4C20H17N3O2S/c4*1-12-4-6-14(7-5-12)17-10-15-16(9-13-3-2-8-25-11-13)22-23-18(20(21)24)19(15)26-17/h2*2,4-8,10-11H,3,9H2,1H3,(H2,21,24);2*2-7,10-11H,8-9H2,1H3,(H2,21,24). The molecule has 0 saturated carbocycles. The van der Waals surface area contributed by atoms with Crippen LogP contribution < -0.4 is 22.9 Å². The maximum atomic E-state index is 11.8. The molecule has 4 aliphatic heterocycles. The van der Waals surface area contributed by atoms with E-state index in [2.05, 4.69) is 190 Å². The van der Waals surface area contributed by atoms with E-state index in [-0.39, 0.29) is 22.8 Å². The quantitative estimate of drug-likeness (QED) is 0.0698. The van der Waals surface area contributed by atoms with Crippen LogP contribution in [0.5, 0.6) is 0 Å². The lowest BCUT2D eigenvalue weighted by Crippen LogP contribution is -2.15. The van der Waals surface area contributed by atoms with Gasteiger partial charge < -0.3 is 41.9 Å². The first-order valence-electron chi connectivity index (χ1n) is 33.0. The molecule has 8 aromatic heterocycles.